The molecule has 1 amide bonds. The number of hydrogen-bond acceptors (Lipinski definition) is 5. The maximum atomic E-state index is 11.9. The van der Waals surface area contributed by atoms with Crippen LogP contribution in [0.25, 0.3) is 0 Å². The minimum Gasteiger partial charge on any atom is -0.363 e. The predicted molar refractivity (Wildman–Crippen MR) is 107 cm³/mol. The van der Waals surface area contributed by atoms with Crippen molar-refractivity contribution >= 4 is 17.4 Å². The summed E-state index contributed by atoms with van der Waals surface area (Å²) in [6, 6.07) is 9.91. The van der Waals surface area contributed by atoms with Crippen LogP contribution in [-0.2, 0) is 24.2 Å². The van der Waals surface area contributed by atoms with E-state index in [-0.39, 0.29) is 5.91 Å². The summed E-state index contributed by atoms with van der Waals surface area (Å²) in [5.74, 6) is 0.827. The van der Waals surface area contributed by atoms with Crippen molar-refractivity contribution in [2.45, 2.75) is 53.5 Å². The van der Waals surface area contributed by atoms with Crippen LogP contribution in [0.2, 0.25) is 0 Å². The van der Waals surface area contributed by atoms with Crippen molar-refractivity contribution in [2.75, 3.05) is 10.6 Å². The monoisotopic (exact) mass is 365 g/mol. The summed E-state index contributed by atoms with van der Waals surface area (Å²) >= 11 is 0. The van der Waals surface area contributed by atoms with Gasteiger partial charge < -0.3 is 10.6 Å². The number of hydrogen-bond donors (Lipinski definition) is 2. The Bertz CT molecular complexity index is 839. The Morgan fingerprint density at radius 1 is 1.22 bits per heavy atom. The fourth-order valence-electron chi connectivity index (χ4n) is 2.94. The third-order valence-corrected chi connectivity index (χ3v) is 4.22. The van der Waals surface area contributed by atoms with Crippen LogP contribution >= 0.6 is 0 Å². The number of nitrogens with one attached hydrogen (secondary N) is 2. The summed E-state index contributed by atoms with van der Waals surface area (Å²) < 4.78 is 0. The Labute approximate surface area is 161 Å². The van der Waals surface area contributed by atoms with Gasteiger partial charge in [-0.05, 0) is 42.0 Å². The number of carbonyl (C=O) groups is 1. The van der Waals surface area contributed by atoms with Crippen LogP contribution in [0.1, 0.15) is 56.5 Å². The Morgan fingerprint density at radius 2 is 2.00 bits per heavy atom. The average molecular weight is 365 g/mol. The Morgan fingerprint density at radius 3 is 2.63 bits per heavy atom. The summed E-state index contributed by atoms with van der Waals surface area (Å²) in [6.07, 6.45) is 1.99. The molecule has 0 saturated heterocycles. The molecule has 142 valence electrons. The molecule has 0 atom stereocenters. The van der Waals surface area contributed by atoms with Gasteiger partial charge in [0.2, 0.25) is 5.91 Å². The molecular formula is C21H27N5O. The fraction of sp³-hybridized carbons (Fsp3) is 0.429. The van der Waals surface area contributed by atoms with Gasteiger partial charge in [-0.1, -0.05) is 39.8 Å². The highest BCUT2D eigenvalue weighted by Gasteiger charge is 2.14. The van der Waals surface area contributed by atoms with E-state index in [1.165, 1.54) is 0 Å². The quantitative estimate of drug-likeness (QED) is 0.736. The number of rotatable bonds is 8. The van der Waals surface area contributed by atoms with Crippen molar-refractivity contribution in [3.05, 3.63) is 46.6 Å². The molecule has 0 spiro atoms. The van der Waals surface area contributed by atoms with Gasteiger partial charge in [0, 0.05) is 18.7 Å². The third kappa shape index (κ3) is 5.52. The first-order valence-corrected chi connectivity index (χ1v) is 9.39. The van der Waals surface area contributed by atoms with Crippen LogP contribution in [0, 0.1) is 17.2 Å². The lowest BCUT2D eigenvalue weighted by molar-refractivity contribution is -0.116. The van der Waals surface area contributed by atoms with E-state index < -0.39 is 0 Å². The zero-order valence-electron chi connectivity index (χ0n) is 16.5. The number of anilines is 2. The molecule has 2 N–H and O–H groups in total. The minimum absolute atomic E-state index is 0.00971. The molecule has 1 aromatic carbocycles. The van der Waals surface area contributed by atoms with E-state index in [1.807, 2.05) is 52.0 Å². The standard InChI is InChI=1S/C21H27N5O/c1-5-17-18(12-22)21(26-25-19(17)6-2)23-13-15-8-7-9-16(11-15)24-20(27)10-14(3)4/h7-9,11,14H,5-6,10,13H2,1-4H3,(H,23,26)(H,24,27). The second-order valence-corrected chi connectivity index (χ2v) is 6.87. The van der Waals surface area contributed by atoms with Gasteiger partial charge in [0.15, 0.2) is 5.82 Å². The van der Waals surface area contributed by atoms with E-state index in [2.05, 4.69) is 26.9 Å². The predicted octanol–water partition coefficient (Wildman–Crippen LogP) is 4.07. The molecule has 0 radical (unpaired) electrons. The van der Waals surface area contributed by atoms with Crippen LogP contribution in [0.3, 0.4) is 0 Å². The molecule has 6 nitrogen and oxygen atoms in total. The van der Waals surface area contributed by atoms with Gasteiger partial charge >= 0.3 is 0 Å². The topological polar surface area (TPSA) is 90.7 Å². The van der Waals surface area contributed by atoms with E-state index >= 15 is 0 Å². The third-order valence-electron chi connectivity index (χ3n) is 4.22. The largest absolute Gasteiger partial charge is 0.363 e. The van der Waals surface area contributed by atoms with Gasteiger partial charge in [-0.3, -0.25) is 4.79 Å². The van der Waals surface area contributed by atoms with Crippen molar-refractivity contribution < 1.29 is 4.79 Å². The van der Waals surface area contributed by atoms with Crippen LogP contribution < -0.4 is 10.6 Å². The summed E-state index contributed by atoms with van der Waals surface area (Å²) in [6.45, 7) is 8.55. The van der Waals surface area contributed by atoms with E-state index in [9.17, 15) is 10.1 Å². The molecule has 6 heteroatoms. The Hall–Kier alpha value is -2.94. The normalized spacial score (nSPS) is 10.5. The number of benzene rings is 1. The van der Waals surface area contributed by atoms with Gasteiger partial charge in [-0.2, -0.15) is 10.4 Å². The number of carbonyl (C=O) groups excluding carboxylic acids is 1. The molecular weight excluding hydrogens is 338 g/mol. The molecule has 0 aliphatic carbocycles. The summed E-state index contributed by atoms with van der Waals surface area (Å²) in [5, 5.41) is 24.1. The second kappa shape index (κ2) is 9.67. The van der Waals surface area contributed by atoms with E-state index in [0.29, 0.717) is 30.3 Å². The molecule has 0 unspecified atom stereocenters. The summed E-state index contributed by atoms with van der Waals surface area (Å²) in [7, 11) is 0. The fourth-order valence-corrected chi connectivity index (χ4v) is 2.94. The molecule has 1 heterocycles. The van der Waals surface area contributed by atoms with Gasteiger partial charge in [0.05, 0.1) is 5.69 Å². The zero-order valence-corrected chi connectivity index (χ0v) is 16.5. The Balaban J connectivity index is 2.12. The smallest absolute Gasteiger partial charge is 0.224 e. The van der Waals surface area contributed by atoms with Crippen LogP contribution in [0.4, 0.5) is 11.5 Å². The number of nitrogens with zero attached hydrogens (tertiary/aromatic N) is 3. The minimum atomic E-state index is 0.00971. The molecule has 2 rings (SSSR count). The van der Waals surface area contributed by atoms with Crippen molar-refractivity contribution in [3.8, 4) is 6.07 Å². The second-order valence-electron chi connectivity index (χ2n) is 6.87. The molecule has 0 fully saturated rings. The van der Waals surface area contributed by atoms with Crippen LogP contribution in [0.15, 0.2) is 24.3 Å². The highest BCUT2D eigenvalue weighted by molar-refractivity contribution is 5.90. The van der Waals surface area contributed by atoms with Gasteiger partial charge in [-0.15, -0.1) is 5.10 Å². The van der Waals surface area contributed by atoms with Gasteiger partial charge in [0.25, 0.3) is 0 Å². The van der Waals surface area contributed by atoms with Crippen LogP contribution in [-0.4, -0.2) is 16.1 Å². The van der Waals surface area contributed by atoms with Crippen molar-refractivity contribution in [2.24, 2.45) is 5.92 Å². The summed E-state index contributed by atoms with van der Waals surface area (Å²) in [5.41, 5.74) is 4.13. The lowest BCUT2D eigenvalue weighted by atomic mass is 10.0. The van der Waals surface area contributed by atoms with E-state index in [4.69, 9.17) is 0 Å². The van der Waals surface area contributed by atoms with Crippen molar-refractivity contribution in [1.82, 2.24) is 10.2 Å². The molecule has 0 aliphatic heterocycles. The highest BCUT2D eigenvalue weighted by atomic mass is 16.1. The molecule has 2 aromatic rings. The van der Waals surface area contributed by atoms with E-state index in [1.54, 1.807) is 0 Å². The lowest BCUT2D eigenvalue weighted by Crippen LogP contribution is -2.14. The number of nitriles is 1. The maximum absolute atomic E-state index is 11.9. The number of amides is 1. The zero-order chi connectivity index (χ0) is 19.8. The number of aryl methyl sites for hydroxylation is 1. The Kier molecular flexibility index (Phi) is 7.30. The highest BCUT2D eigenvalue weighted by Crippen LogP contribution is 2.21. The first kappa shape index (κ1) is 20.4. The average Bonchev–Trinajstić information content (AvgIpc) is 2.64. The first-order valence-electron chi connectivity index (χ1n) is 9.39. The lowest BCUT2D eigenvalue weighted by Gasteiger charge is -2.13. The SMILES string of the molecule is CCc1nnc(NCc2cccc(NC(=O)CC(C)C)c2)c(C#N)c1CC. The first-order chi connectivity index (χ1) is 13.0. The number of aromatic nitrogens is 2. The molecule has 0 saturated carbocycles. The molecule has 0 bridgehead atoms. The van der Waals surface area contributed by atoms with Crippen molar-refractivity contribution in [3.63, 3.8) is 0 Å². The van der Waals surface area contributed by atoms with Gasteiger partial charge in [0.1, 0.15) is 11.6 Å². The van der Waals surface area contributed by atoms with Crippen LogP contribution in [0.5, 0.6) is 0 Å². The van der Waals surface area contributed by atoms with Crippen molar-refractivity contribution in [1.29, 1.82) is 5.26 Å². The van der Waals surface area contributed by atoms with E-state index in [0.717, 1.165) is 35.3 Å². The maximum Gasteiger partial charge on any atom is 0.224 e. The summed E-state index contributed by atoms with van der Waals surface area (Å²) in [4.78, 5) is 11.9. The molecule has 0 aliphatic rings. The molecule has 1 aromatic heterocycles. The molecule has 27 heavy (non-hydrogen) atoms. The van der Waals surface area contributed by atoms with Gasteiger partial charge in [-0.25, -0.2) is 0 Å².